The molecule has 1 saturated carbocycles. The first-order valence-corrected chi connectivity index (χ1v) is 6.34. The highest BCUT2D eigenvalue weighted by molar-refractivity contribution is 5.90. The molecule has 0 saturated heterocycles. The second-order valence-electron chi connectivity index (χ2n) is 5.08. The Morgan fingerprint density at radius 1 is 1.40 bits per heavy atom. The number of nitrogens with zero attached hydrogens (tertiary/aromatic N) is 1. The third-order valence-electron chi connectivity index (χ3n) is 3.38. The molecule has 0 bridgehead atoms. The number of nitrogens with one attached hydrogen (secondary N) is 1. The fourth-order valence-corrected chi connectivity index (χ4v) is 2.37. The Hall–Kier alpha value is -1.63. The highest BCUT2D eigenvalue weighted by atomic mass is 19.4. The first-order chi connectivity index (χ1) is 9.28. The van der Waals surface area contributed by atoms with Crippen LogP contribution in [0.5, 0.6) is 0 Å². The lowest BCUT2D eigenvalue weighted by molar-refractivity contribution is -0.137. The minimum atomic E-state index is -4.48. The van der Waals surface area contributed by atoms with E-state index in [1.165, 1.54) is 0 Å². The average Bonchev–Trinajstić information content (AvgIpc) is 2.74. The summed E-state index contributed by atoms with van der Waals surface area (Å²) in [4.78, 5) is 15.4. The van der Waals surface area contributed by atoms with Crippen LogP contribution in [0.2, 0.25) is 0 Å². The van der Waals surface area contributed by atoms with Crippen LogP contribution in [0.15, 0.2) is 18.3 Å². The van der Waals surface area contributed by atoms with Crippen molar-refractivity contribution in [2.24, 2.45) is 0 Å². The molecule has 2 rings (SSSR count). The highest BCUT2D eigenvalue weighted by Gasteiger charge is 2.34. The van der Waals surface area contributed by atoms with Crippen molar-refractivity contribution in [3.63, 3.8) is 0 Å². The summed E-state index contributed by atoms with van der Waals surface area (Å²) in [7, 11) is 0. The monoisotopic (exact) mass is 288 g/mol. The lowest BCUT2D eigenvalue weighted by Gasteiger charge is -2.21. The van der Waals surface area contributed by atoms with Crippen molar-refractivity contribution < 1.29 is 23.1 Å². The second-order valence-corrected chi connectivity index (χ2v) is 5.08. The van der Waals surface area contributed by atoms with Gasteiger partial charge in [0.05, 0.1) is 17.6 Å². The Bertz CT molecular complexity index is 497. The number of anilines is 1. The Morgan fingerprint density at radius 2 is 2.05 bits per heavy atom. The zero-order chi connectivity index (χ0) is 14.8. The number of halogens is 3. The van der Waals surface area contributed by atoms with Crippen LogP contribution >= 0.6 is 0 Å². The first-order valence-electron chi connectivity index (χ1n) is 6.34. The molecule has 4 nitrogen and oxygen atoms in total. The summed E-state index contributed by atoms with van der Waals surface area (Å²) < 4.78 is 37.5. The van der Waals surface area contributed by atoms with Gasteiger partial charge in [-0.3, -0.25) is 4.79 Å². The molecule has 0 aliphatic heterocycles. The number of rotatable bonds is 3. The van der Waals surface area contributed by atoms with Crippen LogP contribution < -0.4 is 5.32 Å². The van der Waals surface area contributed by atoms with E-state index in [9.17, 15) is 23.1 Å². The van der Waals surface area contributed by atoms with E-state index in [4.69, 9.17) is 0 Å². The van der Waals surface area contributed by atoms with Crippen molar-refractivity contribution >= 4 is 11.7 Å². The molecule has 0 atom stereocenters. The molecule has 1 aliphatic carbocycles. The summed E-state index contributed by atoms with van der Waals surface area (Å²) in [6.07, 6.45) is -0.830. The summed E-state index contributed by atoms with van der Waals surface area (Å²) >= 11 is 0. The van der Waals surface area contributed by atoms with Gasteiger partial charge >= 0.3 is 6.18 Å². The topological polar surface area (TPSA) is 62.2 Å². The van der Waals surface area contributed by atoms with E-state index in [1.807, 2.05) is 0 Å². The molecule has 20 heavy (non-hydrogen) atoms. The minimum absolute atomic E-state index is 0.120. The van der Waals surface area contributed by atoms with Crippen LogP contribution in [0, 0.1) is 0 Å². The number of aromatic nitrogens is 1. The molecule has 0 spiro atoms. The minimum Gasteiger partial charge on any atom is -0.389 e. The Morgan fingerprint density at radius 3 is 2.65 bits per heavy atom. The van der Waals surface area contributed by atoms with Crippen molar-refractivity contribution in [2.75, 3.05) is 5.32 Å². The summed E-state index contributed by atoms with van der Waals surface area (Å²) in [6, 6.07) is 1.61. The predicted octanol–water partition coefficient (Wildman–Crippen LogP) is 2.73. The van der Waals surface area contributed by atoms with E-state index >= 15 is 0 Å². The highest BCUT2D eigenvalue weighted by Crippen LogP contribution is 2.33. The van der Waals surface area contributed by atoms with Gasteiger partial charge in [-0.05, 0) is 25.0 Å². The van der Waals surface area contributed by atoms with Crippen molar-refractivity contribution in [3.05, 3.63) is 23.9 Å². The molecular formula is C13H15F3N2O2. The third kappa shape index (κ3) is 3.69. The van der Waals surface area contributed by atoms with Gasteiger partial charge in [-0.1, -0.05) is 12.8 Å². The fourth-order valence-electron chi connectivity index (χ4n) is 2.37. The van der Waals surface area contributed by atoms with E-state index in [0.717, 1.165) is 31.2 Å². The summed E-state index contributed by atoms with van der Waals surface area (Å²) in [5.74, 6) is -0.687. The molecule has 1 fully saturated rings. The van der Waals surface area contributed by atoms with Gasteiger partial charge in [-0.2, -0.15) is 13.2 Å². The van der Waals surface area contributed by atoms with Gasteiger partial charge in [0.15, 0.2) is 0 Å². The molecule has 0 unspecified atom stereocenters. The van der Waals surface area contributed by atoms with E-state index in [0.29, 0.717) is 12.8 Å². The molecule has 1 aromatic rings. The van der Waals surface area contributed by atoms with Gasteiger partial charge in [0.25, 0.3) is 0 Å². The Balaban J connectivity index is 2.01. The van der Waals surface area contributed by atoms with Crippen LogP contribution in [0.1, 0.15) is 37.7 Å². The number of amides is 1. The van der Waals surface area contributed by atoms with Crippen molar-refractivity contribution in [2.45, 2.75) is 43.9 Å². The number of pyridine rings is 1. The molecule has 0 aromatic carbocycles. The third-order valence-corrected chi connectivity index (χ3v) is 3.38. The Kier molecular flexibility index (Phi) is 3.99. The quantitative estimate of drug-likeness (QED) is 0.899. The van der Waals surface area contributed by atoms with Gasteiger partial charge < -0.3 is 10.4 Å². The zero-order valence-electron chi connectivity index (χ0n) is 10.7. The van der Waals surface area contributed by atoms with E-state index in [1.54, 1.807) is 0 Å². The Labute approximate surface area is 114 Å². The van der Waals surface area contributed by atoms with Gasteiger partial charge in [0.2, 0.25) is 5.91 Å². The van der Waals surface area contributed by atoms with Crippen LogP contribution in [0.25, 0.3) is 0 Å². The number of hydrogen-bond donors (Lipinski definition) is 2. The van der Waals surface area contributed by atoms with Crippen LogP contribution in [0.4, 0.5) is 19.0 Å². The number of alkyl halides is 3. The molecule has 1 heterocycles. The standard InChI is InChI=1S/C13H15F3N2O2/c14-13(15,16)9-3-6-17-10(7-9)18-11(19)8-12(20)4-1-2-5-12/h3,6-7,20H,1-2,4-5,8H2,(H,17,18,19). The molecule has 1 aliphatic rings. The van der Waals surface area contributed by atoms with Crippen molar-refractivity contribution in [1.82, 2.24) is 4.98 Å². The lowest BCUT2D eigenvalue weighted by Crippen LogP contribution is -2.31. The van der Waals surface area contributed by atoms with Crippen LogP contribution in [-0.2, 0) is 11.0 Å². The molecule has 0 radical (unpaired) electrons. The van der Waals surface area contributed by atoms with Crippen LogP contribution in [-0.4, -0.2) is 21.6 Å². The average molecular weight is 288 g/mol. The molecule has 1 amide bonds. The summed E-state index contributed by atoms with van der Waals surface area (Å²) in [5, 5.41) is 12.4. The van der Waals surface area contributed by atoms with Crippen LogP contribution in [0.3, 0.4) is 0 Å². The van der Waals surface area contributed by atoms with Gasteiger partial charge in [0.1, 0.15) is 5.82 Å². The van der Waals surface area contributed by atoms with Gasteiger partial charge in [-0.25, -0.2) is 4.98 Å². The van der Waals surface area contributed by atoms with E-state index in [2.05, 4.69) is 10.3 Å². The van der Waals surface area contributed by atoms with Gasteiger partial charge in [-0.15, -0.1) is 0 Å². The smallest absolute Gasteiger partial charge is 0.389 e. The maximum atomic E-state index is 12.5. The molecule has 2 N–H and O–H groups in total. The van der Waals surface area contributed by atoms with E-state index < -0.39 is 23.2 Å². The first kappa shape index (κ1) is 14.8. The SMILES string of the molecule is O=C(CC1(O)CCCC1)Nc1cc(C(F)(F)F)ccn1. The number of carbonyl (C=O) groups excluding carboxylic acids is 1. The summed E-state index contributed by atoms with van der Waals surface area (Å²) in [6.45, 7) is 0. The number of carbonyl (C=O) groups is 1. The lowest BCUT2D eigenvalue weighted by atomic mass is 9.98. The normalized spacial score (nSPS) is 18.0. The fraction of sp³-hybridized carbons (Fsp3) is 0.538. The maximum Gasteiger partial charge on any atom is 0.416 e. The van der Waals surface area contributed by atoms with Crippen molar-refractivity contribution in [3.8, 4) is 0 Å². The van der Waals surface area contributed by atoms with E-state index in [-0.39, 0.29) is 12.2 Å². The maximum absolute atomic E-state index is 12.5. The molecule has 110 valence electrons. The van der Waals surface area contributed by atoms with Gasteiger partial charge in [0, 0.05) is 6.20 Å². The zero-order valence-corrected chi connectivity index (χ0v) is 10.7. The largest absolute Gasteiger partial charge is 0.416 e. The summed E-state index contributed by atoms with van der Waals surface area (Å²) in [5.41, 5.74) is -1.91. The molecule has 7 heteroatoms. The number of aliphatic hydroxyl groups is 1. The molecular weight excluding hydrogens is 273 g/mol. The predicted molar refractivity (Wildman–Crippen MR) is 65.9 cm³/mol. The molecule has 1 aromatic heterocycles. The number of hydrogen-bond acceptors (Lipinski definition) is 3. The van der Waals surface area contributed by atoms with Crippen molar-refractivity contribution in [1.29, 1.82) is 0 Å². The second kappa shape index (κ2) is 5.40.